The zero-order valence-corrected chi connectivity index (χ0v) is 15.5. The molecule has 1 aliphatic heterocycles. The topological polar surface area (TPSA) is 98.1 Å². The molecule has 0 aliphatic carbocycles. The molecule has 0 unspecified atom stereocenters. The highest BCUT2D eigenvalue weighted by Crippen LogP contribution is 2.36. The summed E-state index contributed by atoms with van der Waals surface area (Å²) in [6.45, 7) is 4.03. The Morgan fingerprint density at radius 3 is 2.48 bits per heavy atom. The SMILES string of the molecule is CC(C)[C@@H]1CC(=O)N(c2ccc(F)cc2)[C@H]1C=C[C@@H](O)C[C@@H](O)CC(=O)O. The van der Waals surface area contributed by atoms with Crippen molar-refractivity contribution in [2.45, 2.75) is 51.4 Å². The Morgan fingerprint density at radius 1 is 1.30 bits per heavy atom. The van der Waals surface area contributed by atoms with Gasteiger partial charge < -0.3 is 20.2 Å². The molecule has 0 bridgehead atoms. The molecule has 0 spiro atoms. The fourth-order valence-electron chi connectivity index (χ4n) is 3.44. The molecule has 27 heavy (non-hydrogen) atoms. The van der Waals surface area contributed by atoms with Crippen LogP contribution >= 0.6 is 0 Å². The van der Waals surface area contributed by atoms with Crippen LogP contribution in [0.25, 0.3) is 0 Å². The molecule has 1 aromatic carbocycles. The molecule has 1 amide bonds. The third kappa shape index (κ3) is 5.61. The maximum absolute atomic E-state index is 13.2. The number of aliphatic hydroxyl groups excluding tert-OH is 2. The Labute approximate surface area is 157 Å². The van der Waals surface area contributed by atoms with Gasteiger partial charge in [-0.1, -0.05) is 26.0 Å². The van der Waals surface area contributed by atoms with Gasteiger partial charge in [0.1, 0.15) is 5.82 Å². The summed E-state index contributed by atoms with van der Waals surface area (Å²) in [5.74, 6) is -1.36. The van der Waals surface area contributed by atoms with E-state index in [-0.39, 0.29) is 36.0 Å². The zero-order chi connectivity index (χ0) is 20.1. The van der Waals surface area contributed by atoms with Crippen molar-refractivity contribution >= 4 is 17.6 Å². The first-order chi connectivity index (χ1) is 12.7. The summed E-state index contributed by atoms with van der Waals surface area (Å²) >= 11 is 0. The third-order valence-corrected chi connectivity index (χ3v) is 4.83. The number of halogens is 1. The van der Waals surface area contributed by atoms with Crippen molar-refractivity contribution in [3.8, 4) is 0 Å². The van der Waals surface area contributed by atoms with Gasteiger partial charge in [0.05, 0.1) is 24.7 Å². The predicted octanol–water partition coefficient (Wildman–Crippen LogP) is 2.35. The molecule has 0 aromatic heterocycles. The number of rotatable bonds is 8. The van der Waals surface area contributed by atoms with Crippen LogP contribution in [0.5, 0.6) is 0 Å². The Hall–Kier alpha value is -2.25. The number of aliphatic hydroxyl groups is 2. The van der Waals surface area contributed by atoms with Gasteiger partial charge in [0.2, 0.25) is 5.91 Å². The first-order valence-corrected chi connectivity index (χ1v) is 9.03. The molecule has 1 aromatic rings. The van der Waals surface area contributed by atoms with E-state index in [1.54, 1.807) is 23.1 Å². The molecule has 0 radical (unpaired) electrons. The lowest BCUT2D eigenvalue weighted by Gasteiger charge is -2.28. The summed E-state index contributed by atoms with van der Waals surface area (Å²) < 4.78 is 13.2. The van der Waals surface area contributed by atoms with Crippen LogP contribution in [0, 0.1) is 17.7 Å². The number of nitrogens with zero attached hydrogens (tertiary/aromatic N) is 1. The summed E-state index contributed by atoms with van der Waals surface area (Å²) in [6.07, 6.45) is 0.827. The molecule has 7 heteroatoms. The summed E-state index contributed by atoms with van der Waals surface area (Å²) in [6, 6.07) is 5.37. The summed E-state index contributed by atoms with van der Waals surface area (Å²) in [4.78, 5) is 24.8. The highest BCUT2D eigenvalue weighted by atomic mass is 19.1. The second-order valence-electron chi connectivity index (χ2n) is 7.28. The largest absolute Gasteiger partial charge is 0.481 e. The minimum Gasteiger partial charge on any atom is -0.481 e. The standard InChI is InChI=1S/C20H26FNO5/c1-12(2)17-11-19(25)22(14-5-3-13(21)4-6-14)18(17)8-7-15(23)9-16(24)10-20(26)27/h3-8,12,15-18,23-24H,9-11H2,1-2H3,(H,26,27)/t15-,16-,17+,18+/m1/s1. The molecule has 1 saturated heterocycles. The molecule has 4 atom stereocenters. The van der Waals surface area contributed by atoms with Crippen molar-refractivity contribution in [3.63, 3.8) is 0 Å². The molecule has 1 fully saturated rings. The number of carboxylic acids is 1. The number of carbonyl (C=O) groups is 2. The summed E-state index contributed by atoms with van der Waals surface area (Å²) in [7, 11) is 0. The number of hydrogen-bond donors (Lipinski definition) is 3. The molecule has 1 heterocycles. The fourth-order valence-corrected chi connectivity index (χ4v) is 3.44. The average Bonchev–Trinajstić information content (AvgIpc) is 2.89. The van der Waals surface area contributed by atoms with Crippen molar-refractivity contribution in [1.29, 1.82) is 0 Å². The van der Waals surface area contributed by atoms with E-state index >= 15 is 0 Å². The van der Waals surface area contributed by atoms with Crippen LogP contribution in [-0.4, -0.2) is 45.4 Å². The van der Waals surface area contributed by atoms with Crippen LogP contribution in [0.4, 0.5) is 10.1 Å². The van der Waals surface area contributed by atoms with E-state index in [9.17, 15) is 24.2 Å². The third-order valence-electron chi connectivity index (χ3n) is 4.83. The van der Waals surface area contributed by atoms with E-state index in [2.05, 4.69) is 0 Å². The molecule has 2 rings (SSSR count). The summed E-state index contributed by atoms with van der Waals surface area (Å²) in [5, 5.41) is 28.4. The van der Waals surface area contributed by atoms with E-state index in [1.807, 2.05) is 13.8 Å². The van der Waals surface area contributed by atoms with E-state index < -0.39 is 24.6 Å². The lowest BCUT2D eigenvalue weighted by molar-refractivity contribution is -0.139. The van der Waals surface area contributed by atoms with Crippen LogP contribution in [0.1, 0.15) is 33.1 Å². The van der Waals surface area contributed by atoms with Crippen molar-refractivity contribution in [2.75, 3.05) is 4.90 Å². The van der Waals surface area contributed by atoms with E-state index in [0.29, 0.717) is 12.1 Å². The lowest BCUT2D eigenvalue weighted by Crippen LogP contribution is -2.35. The van der Waals surface area contributed by atoms with Crippen LogP contribution in [-0.2, 0) is 9.59 Å². The van der Waals surface area contributed by atoms with Gasteiger partial charge in [0.25, 0.3) is 0 Å². The van der Waals surface area contributed by atoms with Crippen molar-refractivity contribution in [3.05, 3.63) is 42.2 Å². The second kappa shape index (κ2) is 9.10. The Kier molecular flexibility index (Phi) is 7.10. The number of carboxylic acid groups (broad SMARTS) is 1. The first kappa shape index (κ1) is 21.1. The van der Waals surface area contributed by atoms with Gasteiger partial charge >= 0.3 is 5.97 Å². The average molecular weight is 379 g/mol. The van der Waals surface area contributed by atoms with Gasteiger partial charge in [-0.2, -0.15) is 0 Å². The highest BCUT2D eigenvalue weighted by molar-refractivity contribution is 5.97. The lowest BCUT2D eigenvalue weighted by atomic mass is 9.88. The number of anilines is 1. The maximum atomic E-state index is 13.2. The Balaban J connectivity index is 2.18. The fraction of sp³-hybridized carbons (Fsp3) is 0.500. The second-order valence-corrected chi connectivity index (χ2v) is 7.28. The van der Waals surface area contributed by atoms with Crippen molar-refractivity contribution in [1.82, 2.24) is 0 Å². The molecule has 0 saturated carbocycles. The predicted molar refractivity (Wildman–Crippen MR) is 98.6 cm³/mol. The molecule has 3 N–H and O–H groups in total. The highest BCUT2D eigenvalue weighted by Gasteiger charge is 2.40. The van der Waals surface area contributed by atoms with Gasteiger partial charge in [-0.05, 0) is 36.1 Å². The summed E-state index contributed by atoms with van der Waals surface area (Å²) in [5.41, 5.74) is 0.583. The van der Waals surface area contributed by atoms with Crippen LogP contribution in [0.15, 0.2) is 36.4 Å². The van der Waals surface area contributed by atoms with E-state index in [1.165, 1.54) is 18.2 Å². The Morgan fingerprint density at radius 2 is 1.93 bits per heavy atom. The van der Waals surface area contributed by atoms with E-state index in [0.717, 1.165) is 0 Å². The maximum Gasteiger partial charge on any atom is 0.305 e. The normalized spacial score (nSPS) is 22.6. The smallest absolute Gasteiger partial charge is 0.305 e. The van der Waals surface area contributed by atoms with Gasteiger partial charge in [-0.15, -0.1) is 0 Å². The Bertz CT molecular complexity index is 688. The van der Waals surface area contributed by atoms with Gasteiger partial charge in [-0.25, -0.2) is 4.39 Å². The number of amides is 1. The van der Waals surface area contributed by atoms with Gasteiger partial charge in [0, 0.05) is 18.5 Å². The molecule has 1 aliphatic rings. The minimum absolute atomic E-state index is 0.0231. The van der Waals surface area contributed by atoms with Crippen molar-refractivity contribution < 1.29 is 29.3 Å². The van der Waals surface area contributed by atoms with Crippen LogP contribution < -0.4 is 4.90 Å². The van der Waals surface area contributed by atoms with Gasteiger partial charge in [-0.3, -0.25) is 9.59 Å². The monoisotopic (exact) mass is 379 g/mol. The molecule has 6 nitrogen and oxygen atoms in total. The first-order valence-electron chi connectivity index (χ1n) is 9.03. The van der Waals surface area contributed by atoms with Crippen LogP contribution in [0.2, 0.25) is 0 Å². The number of benzene rings is 1. The van der Waals surface area contributed by atoms with Gasteiger partial charge in [0.15, 0.2) is 0 Å². The van der Waals surface area contributed by atoms with Crippen LogP contribution in [0.3, 0.4) is 0 Å². The number of hydrogen-bond acceptors (Lipinski definition) is 4. The molecular weight excluding hydrogens is 353 g/mol. The molecule has 148 valence electrons. The molecular formula is C20H26FNO5. The zero-order valence-electron chi connectivity index (χ0n) is 15.5. The number of carbonyl (C=O) groups excluding carboxylic acids is 1. The minimum atomic E-state index is -1.15. The number of aliphatic carboxylic acids is 1. The van der Waals surface area contributed by atoms with Crippen molar-refractivity contribution in [2.24, 2.45) is 11.8 Å². The quantitative estimate of drug-likeness (QED) is 0.602. The van der Waals surface area contributed by atoms with E-state index in [4.69, 9.17) is 5.11 Å².